The van der Waals surface area contributed by atoms with Crippen molar-refractivity contribution in [1.82, 2.24) is 9.55 Å². The van der Waals surface area contributed by atoms with Crippen LogP contribution < -0.4 is 11.2 Å². The van der Waals surface area contributed by atoms with Gasteiger partial charge in [-0.3, -0.25) is 18.9 Å². The maximum Gasteiger partial charge on any atom is 0.490 e. The van der Waals surface area contributed by atoms with Crippen LogP contribution in [0.5, 0.6) is 0 Å². The Morgan fingerprint density at radius 1 is 1.23 bits per heavy atom. The summed E-state index contributed by atoms with van der Waals surface area (Å²) in [4.78, 5) is 58.2. The molecule has 6 atom stereocenters. The average molecular weight is 535 g/mol. The third kappa shape index (κ3) is 6.39. The number of ether oxygens (including phenoxy) is 1. The highest BCUT2D eigenvalue weighted by Gasteiger charge is 2.63. The Balaban J connectivity index is 2.22. The molecule has 1 aliphatic rings. The van der Waals surface area contributed by atoms with Crippen LogP contribution in [0.15, 0.2) is 21.9 Å². The first-order valence-electron chi connectivity index (χ1n) is 7.62. The van der Waals surface area contributed by atoms with Crippen LogP contribution in [-0.4, -0.2) is 57.7 Å². The van der Waals surface area contributed by atoms with E-state index in [2.05, 4.69) is 13.1 Å². The first-order chi connectivity index (χ1) is 13.8. The minimum atomic E-state index is -5.86. The van der Waals surface area contributed by atoms with E-state index in [1.54, 1.807) is 0 Å². The third-order valence-electron chi connectivity index (χ3n) is 3.68. The van der Waals surface area contributed by atoms with Crippen LogP contribution in [0.3, 0.4) is 0 Å². The third-order valence-corrected chi connectivity index (χ3v) is 7.85. The molecule has 1 saturated heterocycles. The van der Waals surface area contributed by atoms with E-state index in [0.29, 0.717) is 4.57 Å². The summed E-state index contributed by atoms with van der Waals surface area (Å²) in [6.07, 6.45) is -3.27. The SMILES string of the molecule is C[C@]1(Cl)[C@H](n2ccc(=O)[nH]c2=O)O[C@](F)(COP(=O)(O)OP(=O)(O)OP(=O)(O)O)[C@H]1O. The summed E-state index contributed by atoms with van der Waals surface area (Å²) >= 11 is 6.07. The Morgan fingerprint density at radius 2 is 1.81 bits per heavy atom. The fraction of sp³-hybridized carbons (Fsp3) is 0.600. The standard InChI is InChI=1S/C10H15ClFN2O14P3/c1-9(11)6(16)10(12,26-7(9)14-3-2-5(15)13-8(14)17)4-25-30(21,22)28-31(23,24)27-29(18,19)20/h2-3,6-7,16H,4H2,1H3,(H,21,22)(H,23,24)(H,13,15,17)(H2,18,19,20)/t6-,7+,9+,10+/m0/s1. The van der Waals surface area contributed by atoms with Gasteiger partial charge in [-0.15, -0.1) is 11.6 Å². The summed E-state index contributed by atoms with van der Waals surface area (Å²) < 4.78 is 65.3. The highest BCUT2D eigenvalue weighted by molar-refractivity contribution is 7.66. The van der Waals surface area contributed by atoms with Crippen molar-refractivity contribution in [1.29, 1.82) is 0 Å². The van der Waals surface area contributed by atoms with E-state index < -0.39 is 64.4 Å². The lowest BCUT2D eigenvalue weighted by Crippen LogP contribution is -2.46. The van der Waals surface area contributed by atoms with Gasteiger partial charge in [0.25, 0.3) is 11.4 Å². The van der Waals surface area contributed by atoms with Crippen LogP contribution in [0.2, 0.25) is 0 Å². The molecule has 0 aromatic carbocycles. The number of hydrogen-bond acceptors (Lipinski definition) is 10. The maximum absolute atomic E-state index is 15.1. The summed E-state index contributed by atoms with van der Waals surface area (Å²) in [5, 5.41) is 10.2. The van der Waals surface area contributed by atoms with E-state index in [1.807, 2.05) is 4.98 Å². The molecular weight excluding hydrogens is 519 g/mol. The van der Waals surface area contributed by atoms with Gasteiger partial charge in [-0.25, -0.2) is 22.9 Å². The van der Waals surface area contributed by atoms with Crippen molar-refractivity contribution in [2.75, 3.05) is 6.61 Å². The zero-order chi connectivity index (χ0) is 24.0. The molecule has 0 amide bonds. The maximum atomic E-state index is 15.1. The lowest BCUT2D eigenvalue weighted by molar-refractivity contribution is -0.204. The molecule has 1 aliphatic heterocycles. The number of nitrogens with one attached hydrogen (secondary N) is 1. The van der Waals surface area contributed by atoms with E-state index in [9.17, 15) is 33.3 Å². The molecule has 0 spiro atoms. The molecule has 0 aliphatic carbocycles. The number of alkyl halides is 2. The van der Waals surface area contributed by atoms with Crippen molar-refractivity contribution >= 4 is 35.1 Å². The van der Waals surface area contributed by atoms with Crippen LogP contribution in [0.4, 0.5) is 4.39 Å². The molecule has 0 saturated carbocycles. The smallest absolute Gasteiger partial charge is 0.385 e. The number of rotatable bonds is 8. The predicted octanol–water partition coefficient (Wildman–Crippen LogP) is -0.567. The first kappa shape index (κ1) is 26.5. The molecule has 0 bridgehead atoms. The summed E-state index contributed by atoms with van der Waals surface area (Å²) in [5.74, 6) is -3.41. The van der Waals surface area contributed by atoms with Crippen molar-refractivity contribution in [2.45, 2.75) is 30.0 Å². The highest BCUT2D eigenvalue weighted by Crippen LogP contribution is 2.66. The number of phosphoric acid groups is 3. The fourth-order valence-corrected chi connectivity index (χ4v) is 5.79. The van der Waals surface area contributed by atoms with Crippen molar-refractivity contribution in [3.05, 3.63) is 33.1 Å². The predicted molar refractivity (Wildman–Crippen MR) is 95.4 cm³/mol. The van der Waals surface area contributed by atoms with E-state index in [4.69, 9.17) is 31.0 Å². The lowest BCUT2D eigenvalue weighted by atomic mass is 10.00. The number of aliphatic hydroxyl groups excluding tert-OH is 1. The van der Waals surface area contributed by atoms with E-state index in [1.165, 1.54) is 0 Å². The van der Waals surface area contributed by atoms with E-state index in [-0.39, 0.29) is 0 Å². The highest BCUT2D eigenvalue weighted by atomic mass is 35.5. The van der Waals surface area contributed by atoms with Crippen molar-refractivity contribution in [3.8, 4) is 0 Å². The van der Waals surface area contributed by atoms with Crippen molar-refractivity contribution < 1.29 is 60.6 Å². The minimum Gasteiger partial charge on any atom is -0.385 e. The molecule has 16 nitrogen and oxygen atoms in total. The van der Waals surface area contributed by atoms with Crippen molar-refractivity contribution in [3.63, 3.8) is 0 Å². The molecule has 1 fully saturated rings. The molecule has 31 heavy (non-hydrogen) atoms. The number of aromatic amines is 1. The number of hydrogen-bond donors (Lipinski definition) is 6. The van der Waals surface area contributed by atoms with Crippen LogP contribution in [0.25, 0.3) is 0 Å². The van der Waals surface area contributed by atoms with E-state index >= 15 is 4.39 Å². The molecule has 21 heteroatoms. The van der Waals surface area contributed by atoms with Crippen LogP contribution in [0, 0.1) is 0 Å². The number of H-pyrrole nitrogens is 1. The molecule has 178 valence electrons. The van der Waals surface area contributed by atoms with Gasteiger partial charge in [-0.05, 0) is 6.92 Å². The Kier molecular flexibility index (Phi) is 7.29. The van der Waals surface area contributed by atoms with Gasteiger partial charge in [-0.2, -0.15) is 8.62 Å². The number of aliphatic hydroxyl groups is 1. The second-order valence-corrected chi connectivity index (χ2v) is 11.4. The van der Waals surface area contributed by atoms with Crippen molar-refractivity contribution in [2.24, 2.45) is 0 Å². The fourth-order valence-electron chi connectivity index (χ4n) is 2.45. The van der Waals surface area contributed by atoms with Gasteiger partial charge in [0.15, 0.2) is 6.23 Å². The molecule has 6 N–H and O–H groups in total. The van der Waals surface area contributed by atoms with Crippen LogP contribution in [-0.2, 0) is 31.6 Å². The minimum absolute atomic E-state index is 0.601. The average Bonchev–Trinajstić information content (AvgIpc) is 2.71. The lowest BCUT2D eigenvalue weighted by Gasteiger charge is -2.27. The molecule has 2 heterocycles. The largest absolute Gasteiger partial charge is 0.490 e. The number of nitrogens with zero attached hydrogens (tertiary/aromatic N) is 1. The summed E-state index contributed by atoms with van der Waals surface area (Å²) in [5.41, 5.74) is -1.91. The second-order valence-electron chi connectivity index (χ2n) is 6.19. The van der Waals surface area contributed by atoms with Crippen LogP contribution in [0.1, 0.15) is 13.2 Å². The Labute approximate surface area is 175 Å². The van der Waals surface area contributed by atoms with Crippen LogP contribution >= 0.6 is 35.1 Å². The quantitative estimate of drug-likeness (QED) is 0.181. The van der Waals surface area contributed by atoms with E-state index in [0.717, 1.165) is 19.2 Å². The molecule has 2 unspecified atom stereocenters. The summed E-state index contributed by atoms with van der Waals surface area (Å²) in [6, 6.07) is 0.856. The Bertz CT molecular complexity index is 1100. The zero-order valence-electron chi connectivity index (χ0n) is 15.0. The molecule has 0 radical (unpaired) electrons. The van der Waals surface area contributed by atoms with Gasteiger partial charge in [0.05, 0.1) is 0 Å². The Hall–Kier alpha value is -0.770. The number of aromatic nitrogens is 2. The summed E-state index contributed by atoms with van der Waals surface area (Å²) in [7, 11) is -17.2. The van der Waals surface area contributed by atoms with Gasteiger partial charge in [0, 0.05) is 12.3 Å². The molecule has 2 rings (SSSR count). The zero-order valence-corrected chi connectivity index (χ0v) is 18.4. The van der Waals surface area contributed by atoms with Gasteiger partial charge in [-0.1, -0.05) is 0 Å². The Morgan fingerprint density at radius 3 is 2.32 bits per heavy atom. The van der Waals surface area contributed by atoms with Gasteiger partial charge >= 0.3 is 29.2 Å². The number of halogens is 2. The topological polar surface area (TPSA) is 244 Å². The van der Waals surface area contributed by atoms with Gasteiger partial charge in [0.2, 0.25) is 0 Å². The van der Waals surface area contributed by atoms with Gasteiger partial charge in [0.1, 0.15) is 17.6 Å². The molecule has 1 aromatic heterocycles. The normalized spacial score (nSPS) is 33.0. The monoisotopic (exact) mass is 534 g/mol. The summed E-state index contributed by atoms with van der Waals surface area (Å²) in [6.45, 7) is -0.664. The second kappa shape index (κ2) is 8.54. The van der Waals surface area contributed by atoms with Gasteiger partial charge < -0.3 is 29.4 Å². The first-order valence-corrected chi connectivity index (χ1v) is 12.5. The molecular formula is C10H15ClFN2O14P3. The molecule has 1 aromatic rings. The number of phosphoric ester groups is 1.